The molecule has 0 spiro atoms. The fourth-order valence-corrected chi connectivity index (χ4v) is 3.09. The van der Waals surface area contributed by atoms with Gasteiger partial charge in [-0.05, 0) is 58.6 Å². The summed E-state index contributed by atoms with van der Waals surface area (Å²) in [6, 6.07) is 0. The molecule has 0 bridgehead atoms. The minimum Gasteiger partial charge on any atom is -0.493 e. The largest absolute Gasteiger partial charge is 0.493 e. The highest BCUT2D eigenvalue weighted by Crippen LogP contribution is 2.22. The Bertz CT molecular complexity index is 498. The van der Waals surface area contributed by atoms with Gasteiger partial charge in [0.15, 0.2) is 0 Å². The van der Waals surface area contributed by atoms with Gasteiger partial charge in [0.1, 0.15) is 11.4 Å². The molecule has 0 N–H and O–H groups in total. The predicted molar refractivity (Wildman–Crippen MR) is 102 cm³/mol. The van der Waals surface area contributed by atoms with Crippen molar-refractivity contribution >= 4 is 22.0 Å². The van der Waals surface area contributed by atoms with Gasteiger partial charge in [-0.15, -0.1) is 0 Å². The van der Waals surface area contributed by atoms with E-state index >= 15 is 0 Å². The van der Waals surface area contributed by atoms with E-state index in [4.69, 9.17) is 14.2 Å². The number of alkyl halides is 1. The van der Waals surface area contributed by atoms with Crippen LogP contribution in [0.2, 0.25) is 0 Å². The summed E-state index contributed by atoms with van der Waals surface area (Å²) < 4.78 is 17.4. The number of allylic oxidation sites excluding steroid dienone is 1. The zero-order valence-electron chi connectivity index (χ0n) is 15.5. The summed E-state index contributed by atoms with van der Waals surface area (Å²) in [5.74, 6) is 0.875. The maximum absolute atomic E-state index is 12.2. The molecule has 2 atom stereocenters. The summed E-state index contributed by atoms with van der Waals surface area (Å²) in [6.07, 6.45) is 9.74. The number of likely N-dealkylation sites (tertiary alicyclic amines) is 1. The Morgan fingerprint density at radius 3 is 2.84 bits per heavy atom. The van der Waals surface area contributed by atoms with Crippen molar-refractivity contribution in [2.75, 3.05) is 25.0 Å². The molecule has 2 rings (SSSR count). The minimum absolute atomic E-state index is 0.0494. The number of hydrogen-bond donors (Lipinski definition) is 0. The van der Waals surface area contributed by atoms with E-state index in [1.807, 2.05) is 26.8 Å². The van der Waals surface area contributed by atoms with E-state index in [9.17, 15) is 4.79 Å². The van der Waals surface area contributed by atoms with Crippen LogP contribution in [0.25, 0.3) is 0 Å². The van der Waals surface area contributed by atoms with Crippen LogP contribution in [0.1, 0.15) is 46.5 Å². The number of rotatable bonds is 5. The highest BCUT2D eigenvalue weighted by atomic mass is 79.9. The van der Waals surface area contributed by atoms with Gasteiger partial charge in [-0.25, -0.2) is 4.79 Å². The normalized spacial score (nSPS) is 24.5. The molecule has 0 aromatic heterocycles. The second kappa shape index (κ2) is 9.62. The predicted octanol–water partition coefficient (Wildman–Crippen LogP) is 4.42. The van der Waals surface area contributed by atoms with Crippen LogP contribution in [0.4, 0.5) is 4.79 Å². The number of carbonyl (C=O) groups excluding carboxylic acids is 1. The molecule has 0 aromatic rings. The lowest BCUT2D eigenvalue weighted by molar-refractivity contribution is 0.00214. The Morgan fingerprint density at radius 1 is 1.32 bits per heavy atom. The van der Waals surface area contributed by atoms with Gasteiger partial charge in [0.2, 0.25) is 0 Å². The number of amides is 1. The van der Waals surface area contributed by atoms with Crippen LogP contribution in [0.3, 0.4) is 0 Å². The van der Waals surface area contributed by atoms with E-state index in [0.29, 0.717) is 13.2 Å². The van der Waals surface area contributed by atoms with E-state index in [1.54, 1.807) is 4.90 Å². The lowest BCUT2D eigenvalue weighted by atomic mass is 10.1. The van der Waals surface area contributed by atoms with Crippen LogP contribution in [-0.4, -0.2) is 53.8 Å². The Balaban J connectivity index is 1.82. The third kappa shape index (κ3) is 7.40. The molecule has 2 aliphatic rings. The van der Waals surface area contributed by atoms with Crippen LogP contribution in [-0.2, 0) is 14.2 Å². The number of nitrogens with zero attached hydrogens (tertiary/aromatic N) is 1. The lowest BCUT2D eigenvalue weighted by Gasteiger charge is -2.26. The van der Waals surface area contributed by atoms with Crippen molar-refractivity contribution in [1.82, 2.24) is 4.90 Å². The molecule has 0 aromatic carbocycles. The van der Waals surface area contributed by atoms with Crippen molar-refractivity contribution in [3.05, 3.63) is 24.0 Å². The highest BCUT2D eigenvalue weighted by molar-refractivity contribution is 9.09. The zero-order chi connectivity index (χ0) is 18.3. The van der Waals surface area contributed by atoms with Gasteiger partial charge in [-0.2, -0.15) is 0 Å². The average Bonchev–Trinajstić information content (AvgIpc) is 2.77. The minimum atomic E-state index is -0.454. The van der Waals surface area contributed by atoms with E-state index in [0.717, 1.165) is 43.3 Å². The van der Waals surface area contributed by atoms with Gasteiger partial charge >= 0.3 is 6.09 Å². The number of ether oxygens (including phenoxy) is 3. The summed E-state index contributed by atoms with van der Waals surface area (Å²) in [4.78, 5) is 14.0. The second-order valence-corrected chi connectivity index (χ2v) is 8.23. The van der Waals surface area contributed by atoms with E-state index in [2.05, 4.69) is 28.1 Å². The van der Waals surface area contributed by atoms with E-state index in [-0.39, 0.29) is 18.3 Å². The summed E-state index contributed by atoms with van der Waals surface area (Å²) in [7, 11) is 0. The van der Waals surface area contributed by atoms with E-state index in [1.165, 1.54) is 0 Å². The smallest absolute Gasteiger partial charge is 0.410 e. The fraction of sp³-hybridized carbons (Fsp3) is 0.737. The van der Waals surface area contributed by atoms with Crippen molar-refractivity contribution < 1.29 is 19.0 Å². The molecule has 1 aliphatic carbocycles. The molecule has 1 amide bonds. The number of carbonyl (C=O) groups is 1. The maximum atomic E-state index is 12.2. The first-order valence-corrected chi connectivity index (χ1v) is 10.2. The first-order valence-electron chi connectivity index (χ1n) is 9.08. The molecule has 0 saturated carbocycles. The maximum Gasteiger partial charge on any atom is 0.410 e. The molecule has 2 unspecified atom stereocenters. The van der Waals surface area contributed by atoms with Gasteiger partial charge in [0.05, 0.1) is 18.8 Å². The lowest BCUT2D eigenvalue weighted by Crippen LogP contribution is -2.37. The van der Waals surface area contributed by atoms with Gasteiger partial charge in [0, 0.05) is 18.4 Å². The van der Waals surface area contributed by atoms with E-state index < -0.39 is 5.60 Å². The first-order chi connectivity index (χ1) is 11.9. The Kier molecular flexibility index (Phi) is 7.81. The van der Waals surface area contributed by atoms with Gasteiger partial charge < -0.3 is 19.1 Å². The third-order valence-electron chi connectivity index (χ3n) is 4.04. The molecule has 5 nitrogen and oxygen atoms in total. The summed E-state index contributed by atoms with van der Waals surface area (Å²) in [5, 5.41) is 0.812. The number of halogens is 1. The summed E-state index contributed by atoms with van der Waals surface area (Å²) >= 11 is 3.36. The van der Waals surface area contributed by atoms with Crippen molar-refractivity contribution in [3.63, 3.8) is 0 Å². The topological polar surface area (TPSA) is 48.0 Å². The van der Waals surface area contributed by atoms with Gasteiger partial charge in [0.25, 0.3) is 0 Å². The van der Waals surface area contributed by atoms with Crippen LogP contribution in [0, 0.1) is 0 Å². The molecule has 6 heteroatoms. The van der Waals surface area contributed by atoms with Gasteiger partial charge in [-0.1, -0.05) is 22.0 Å². The second-order valence-electron chi connectivity index (χ2n) is 7.44. The van der Waals surface area contributed by atoms with Gasteiger partial charge in [-0.3, -0.25) is 0 Å². The Morgan fingerprint density at radius 2 is 2.12 bits per heavy atom. The monoisotopic (exact) mass is 415 g/mol. The molecule has 1 aliphatic heterocycles. The fourth-order valence-electron chi connectivity index (χ4n) is 2.93. The first kappa shape index (κ1) is 20.3. The van der Waals surface area contributed by atoms with Crippen molar-refractivity contribution in [2.24, 2.45) is 0 Å². The SMILES string of the molecule is CC(C)(C)OC(=O)N1CCCC(OC2C=C(OCCBr)C=CC2)CC1. The number of hydrogen-bond acceptors (Lipinski definition) is 4. The standard InChI is InChI=1S/C19H30BrNO4/c1-19(2,3)25-18(22)21-11-5-8-15(9-12-21)24-17-7-4-6-16(14-17)23-13-10-20/h4,6,14-15,17H,5,7-13H2,1-3H3. The van der Waals surface area contributed by atoms with Crippen molar-refractivity contribution in [3.8, 4) is 0 Å². The molecular weight excluding hydrogens is 386 g/mol. The van der Waals surface area contributed by atoms with Crippen molar-refractivity contribution in [2.45, 2.75) is 64.3 Å². The molecule has 1 heterocycles. The molecule has 1 saturated heterocycles. The Hall–Kier alpha value is -1.01. The van der Waals surface area contributed by atoms with Crippen LogP contribution >= 0.6 is 15.9 Å². The van der Waals surface area contributed by atoms with Crippen molar-refractivity contribution in [1.29, 1.82) is 0 Å². The van der Waals surface area contributed by atoms with Crippen LogP contribution in [0.15, 0.2) is 24.0 Å². The summed E-state index contributed by atoms with van der Waals surface area (Å²) in [5.41, 5.74) is -0.454. The van der Waals surface area contributed by atoms with Crippen LogP contribution < -0.4 is 0 Å². The highest BCUT2D eigenvalue weighted by Gasteiger charge is 2.26. The quantitative estimate of drug-likeness (QED) is 0.623. The average molecular weight is 416 g/mol. The molecule has 0 radical (unpaired) electrons. The molecule has 25 heavy (non-hydrogen) atoms. The third-order valence-corrected chi connectivity index (χ3v) is 4.36. The van der Waals surface area contributed by atoms with Crippen LogP contribution in [0.5, 0.6) is 0 Å². The summed E-state index contributed by atoms with van der Waals surface area (Å²) in [6.45, 7) is 7.75. The molecule has 1 fully saturated rings. The zero-order valence-corrected chi connectivity index (χ0v) is 17.1. The molecule has 142 valence electrons. The Labute approximate surface area is 159 Å². The molecular formula is C19H30BrNO4.